The van der Waals surface area contributed by atoms with Gasteiger partial charge in [-0.1, -0.05) is 11.8 Å². The van der Waals surface area contributed by atoms with E-state index >= 15 is 4.39 Å². The van der Waals surface area contributed by atoms with Crippen LogP contribution in [0.1, 0.15) is 8.97 Å². The van der Waals surface area contributed by atoms with E-state index in [1.165, 1.54) is 0 Å². The van der Waals surface area contributed by atoms with Gasteiger partial charge in [0.05, 0.1) is 9.30 Å². The molecule has 1 aromatic heterocycles. The summed E-state index contributed by atoms with van der Waals surface area (Å²) in [5.74, 6) is 3.43. The largest absolute Gasteiger partial charge is 0.394 e. The molecule has 0 radical (unpaired) electrons. The number of alkyl halides is 2. The number of aromatic amines is 1. The van der Waals surface area contributed by atoms with Crippen LogP contribution in [-0.2, 0) is 4.74 Å². The summed E-state index contributed by atoms with van der Waals surface area (Å²) < 4.78 is 46.6. The van der Waals surface area contributed by atoms with Gasteiger partial charge in [-0.2, -0.15) is 9.78 Å². The zero-order valence-corrected chi connectivity index (χ0v) is 10.3. The van der Waals surface area contributed by atoms with Gasteiger partial charge in [0, 0.05) is 0 Å². The minimum Gasteiger partial charge on any atom is -0.394 e. The predicted octanol–water partition coefficient (Wildman–Crippen LogP) is -2.14. The molecule has 2 rings (SSSR count). The number of nitrogens with zero attached hydrogens (tertiary/aromatic N) is 2. The van der Waals surface area contributed by atoms with Gasteiger partial charge < -0.3 is 14.9 Å². The monoisotopic (exact) mass is 305 g/mol. The quantitative estimate of drug-likeness (QED) is 0.537. The van der Waals surface area contributed by atoms with Gasteiger partial charge in [-0.25, -0.2) is 13.6 Å². The number of rotatable bonds is 2. The minimum absolute atomic E-state index is 0.267. The molecule has 8 nitrogen and oxygen atoms in total. The number of aliphatic hydroxyl groups excluding tert-OH is 1. The molecular weight excluding hydrogens is 292 g/mol. The molecule has 10 heteroatoms. The van der Waals surface area contributed by atoms with Crippen LogP contribution in [0.4, 0.5) is 8.78 Å². The molecule has 1 aliphatic heterocycles. The van der Waals surface area contributed by atoms with E-state index in [0.717, 1.165) is 0 Å². The van der Waals surface area contributed by atoms with Gasteiger partial charge in [-0.05, 0) is 0 Å². The highest BCUT2D eigenvalue weighted by atomic mass is 19.1. The molecular formula is C11H11F2N3O5. The van der Waals surface area contributed by atoms with E-state index in [2.05, 4.69) is 5.10 Å². The number of aromatic nitrogens is 3. The first kappa shape index (κ1) is 12.6. The first-order valence-electron chi connectivity index (χ1n) is 6.60. The zero-order valence-electron chi connectivity index (χ0n) is 12.3. The third-order valence-corrected chi connectivity index (χ3v) is 2.79. The van der Waals surface area contributed by atoms with Crippen molar-refractivity contribution in [3.8, 4) is 11.8 Å². The third kappa shape index (κ3) is 2.58. The molecule has 1 aliphatic rings. The molecule has 0 aliphatic carbocycles. The van der Waals surface area contributed by atoms with E-state index in [-0.39, 0.29) is 4.68 Å². The number of ether oxygens (including phenoxy) is 1. The SMILES string of the molecule is [2H]C([2H])(O)[C@H]1O[C@@H](n2ncc(=O)[nH]c2=O)[C@@](F)(C#CCF)C1O. The molecule has 21 heavy (non-hydrogen) atoms. The Labute approximate surface area is 118 Å². The first-order chi connectivity index (χ1) is 10.6. The Bertz CT molecular complexity index is 768. The van der Waals surface area contributed by atoms with E-state index in [9.17, 15) is 24.2 Å². The van der Waals surface area contributed by atoms with Crippen molar-refractivity contribution in [1.29, 1.82) is 0 Å². The van der Waals surface area contributed by atoms with Crippen LogP contribution in [0.15, 0.2) is 15.8 Å². The smallest absolute Gasteiger partial charge is 0.347 e. The number of aliphatic hydroxyl groups is 2. The summed E-state index contributed by atoms with van der Waals surface area (Å²) in [6, 6.07) is 0. The molecule has 0 bridgehead atoms. The molecule has 2 heterocycles. The van der Waals surface area contributed by atoms with Crippen LogP contribution in [0, 0.1) is 11.8 Å². The minimum atomic E-state index is -3.19. The van der Waals surface area contributed by atoms with Crippen molar-refractivity contribution in [2.75, 3.05) is 13.2 Å². The molecule has 0 saturated carbocycles. The van der Waals surface area contributed by atoms with Gasteiger partial charge in [0.25, 0.3) is 5.56 Å². The maximum Gasteiger partial charge on any atom is 0.347 e. The van der Waals surface area contributed by atoms with Crippen LogP contribution >= 0.6 is 0 Å². The van der Waals surface area contributed by atoms with Crippen LogP contribution in [0.5, 0.6) is 0 Å². The molecule has 0 spiro atoms. The second kappa shape index (κ2) is 5.72. The average Bonchev–Trinajstić information content (AvgIpc) is 2.70. The van der Waals surface area contributed by atoms with Crippen molar-refractivity contribution in [2.45, 2.75) is 24.1 Å². The molecule has 0 aromatic carbocycles. The highest BCUT2D eigenvalue weighted by molar-refractivity contribution is 5.23. The van der Waals surface area contributed by atoms with E-state index in [1.54, 1.807) is 16.8 Å². The average molecular weight is 305 g/mol. The second-order valence-electron chi connectivity index (χ2n) is 4.07. The number of halogens is 2. The van der Waals surface area contributed by atoms with E-state index in [4.69, 9.17) is 7.48 Å². The molecule has 1 aromatic rings. The summed E-state index contributed by atoms with van der Waals surface area (Å²) in [7, 11) is 0. The Morgan fingerprint density at radius 1 is 1.67 bits per heavy atom. The summed E-state index contributed by atoms with van der Waals surface area (Å²) in [5, 5.41) is 22.6. The Kier molecular flexibility index (Phi) is 3.44. The molecule has 1 fully saturated rings. The lowest BCUT2D eigenvalue weighted by atomic mass is 9.97. The summed E-state index contributed by atoms with van der Waals surface area (Å²) >= 11 is 0. The topological polar surface area (TPSA) is 117 Å². The highest BCUT2D eigenvalue weighted by Crippen LogP contribution is 2.40. The predicted molar refractivity (Wildman–Crippen MR) is 63.7 cm³/mol. The number of hydrogen-bond acceptors (Lipinski definition) is 6. The normalized spacial score (nSPS) is 33.8. The van der Waals surface area contributed by atoms with Crippen LogP contribution in [-0.4, -0.2) is 56.1 Å². The van der Waals surface area contributed by atoms with Crippen molar-refractivity contribution in [3.63, 3.8) is 0 Å². The van der Waals surface area contributed by atoms with Gasteiger partial charge in [-0.3, -0.25) is 9.78 Å². The van der Waals surface area contributed by atoms with E-state index in [0.29, 0.717) is 6.20 Å². The van der Waals surface area contributed by atoms with Crippen molar-refractivity contribution in [2.24, 2.45) is 0 Å². The molecule has 0 amide bonds. The summed E-state index contributed by atoms with van der Waals surface area (Å²) in [6.07, 6.45) is -5.99. The standard InChI is InChI=1S/C11H11F2N3O5/c12-3-1-2-11(13)8(19)6(5-17)21-9(11)16-10(20)15-7(18)4-14-16/h4,6,8-9,17,19H,3,5H2,(H,15,18,20)/t6-,8?,9-,11-/m1/s1/i5D2. The fourth-order valence-electron chi connectivity index (χ4n) is 1.85. The summed E-state index contributed by atoms with van der Waals surface area (Å²) in [4.78, 5) is 24.4. The number of H-pyrrole nitrogens is 1. The van der Waals surface area contributed by atoms with Crippen molar-refractivity contribution in [1.82, 2.24) is 14.8 Å². The van der Waals surface area contributed by atoms with E-state index in [1.807, 2.05) is 0 Å². The number of hydrogen-bond donors (Lipinski definition) is 3. The Balaban J connectivity index is 2.59. The summed E-state index contributed by atoms with van der Waals surface area (Å²) in [6.45, 7) is -4.47. The van der Waals surface area contributed by atoms with Crippen molar-refractivity contribution >= 4 is 0 Å². The zero-order chi connectivity index (χ0) is 17.4. The van der Waals surface area contributed by atoms with Crippen LogP contribution in [0.2, 0.25) is 0 Å². The molecule has 1 saturated heterocycles. The first-order valence-corrected chi connectivity index (χ1v) is 5.60. The highest BCUT2D eigenvalue weighted by Gasteiger charge is 2.58. The van der Waals surface area contributed by atoms with E-state index < -0.39 is 48.6 Å². The van der Waals surface area contributed by atoms with Crippen molar-refractivity contribution < 1.29 is 26.5 Å². The number of nitrogens with one attached hydrogen (secondary N) is 1. The van der Waals surface area contributed by atoms with Gasteiger partial charge in [0.1, 0.15) is 25.1 Å². The maximum absolute atomic E-state index is 15.0. The third-order valence-electron chi connectivity index (χ3n) is 2.79. The lowest BCUT2D eigenvalue weighted by Gasteiger charge is -2.22. The Morgan fingerprint density at radius 3 is 2.95 bits per heavy atom. The second-order valence-corrected chi connectivity index (χ2v) is 4.07. The molecule has 4 atom stereocenters. The molecule has 1 unspecified atom stereocenters. The molecule has 3 N–H and O–H groups in total. The Morgan fingerprint density at radius 2 is 2.38 bits per heavy atom. The van der Waals surface area contributed by atoms with Gasteiger partial charge >= 0.3 is 5.69 Å². The van der Waals surface area contributed by atoms with Gasteiger partial charge in [0.2, 0.25) is 11.9 Å². The fraction of sp³-hybridized carbons (Fsp3) is 0.545. The van der Waals surface area contributed by atoms with Crippen LogP contribution < -0.4 is 11.2 Å². The van der Waals surface area contributed by atoms with Crippen molar-refractivity contribution in [3.05, 3.63) is 27.0 Å². The fourth-order valence-corrected chi connectivity index (χ4v) is 1.85. The summed E-state index contributed by atoms with van der Waals surface area (Å²) in [5.41, 5.74) is -5.27. The van der Waals surface area contributed by atoms with Crippen LogP contribution in [0.25, 0.3) is 0 Å². The molecule has 114 valence electrons. The Hall–Kier alpha value is -2.09. The maximum atomic E-state index is 15.0. The van der Waals surface area contributed by atoms with Gasteiger partial charge in [0.15, 0.2) is 0 Å². The van der Waals surface area contributed by atoms with Gasteiger partial charge in [-0.15, -0.1) is 0 Å². The lowest BCUT2D eigenvalue weighted by Crippen LogP contribution is -2.46. The lowest BCUT2D eigenvalue weighted by molar-refractivity contribution is -0.0611. The van der Waals surface area contributed by atoms with Crippen LogP contribution in [0.3, 0.4) is 0 Å².